The number of aromatic nitrogens is 5. The average molecular weight is 311 g/mol. The lowest BCUT2D eigenvalue weighted by Crippen LogP contribution is -2.21. The van der Waals surface area contributed by atoms with Crippen LogP contribution in [0.2, 0.25) is 0 Å². The van der Waals surface area contributed by atoms with E-state index in [0.717, 1.165) is 0 Å². The molecule has 0 amide bonds. The second-order valence-corrected chi connectivity index (χ2v) is 5.19. The van der Waals surface area contributed by atoms with E-state index < -0.39 is 5.97 Å². The largest absolute Gasteiger partial charge is 0.457 e. The molecular formula is C16H17N5O2. The van der Waals surface area contributed by atoms with E-state index in [1.165, 1.54) is 6.20 Å². The van der Waals surface area contributed by atoms with Crippen LogP contribution in [0.3, 0.4) is 0 Å². The van der Waals surface area contributed by atoms with E-state index in [9.17, 15) is 4.79 Å². The van der Waals surface area contributed by atoms with Crippen LogP contribution < -0.4 is 0 Å². The van der Waals surface area contributed by atoms with Crippen LogP contribution in [0.1, 0.15) is 23.0 Å². The second kappa shape index (κ2) is 6.43. The van der Waals surface area contributed by atoms with Crippen molar-refractivity contribution in [1.82, 2.24) is 24.5 Å². The van der Waals surface area contributed by atoms with E-state index in [1.807, 2.05) is 44.3 Å². The Morgan fingerprint density at radius 3 is 2.83 bits per heavy atom. The van der Waals surface area contributed by atoms with Crippen molar-refractivity contribution in [2.45, 2.75) is 26.5 Å². The number of esters is 1. The molecule has 118 valence electrons. The Kier molecular flexibility index (Phi) is 4.18. The van der Waals surface area contributed by atoms with Crippen molar-refractivity contribution in [2.24, 2.45) is 0 Å². The summed E-state index contributed by atoms with van der Waals surface area (Å²) in [5.74, 6) is 0.262. The van der Waals surface area contributed by atoms with Crippen LogP contribution in [0.4, 0.5) is 0 Å². The number of hydrogen-bond donors (Lipinski definition) is 0. The Hall–Kier alpha value is -2.96. The Morgan fingerprint density at radius 2 is 2.13 bits per heavy atom. The Bertz CT molecular complexity index is 780. The highest BCUT2D eigenvalue weighted by Gasteiger charge is 2.19. The van der Waals surface area contributed by atoms with E-state index in [-0.39, 0.29) is 6.10 Å². The maximum atomic E-state index is 12.3. The summed E-state index contributed by atoms with van der Waals surface area (Å²) in [5.41, 5.74) is 1.13. The van der Waals surface area contributed by atoms with Gasteiger partial charge in [0.15, 0.2) is 5.82 Å². The SMILES string of the molecule is Cc1c(C(=O)O[C@H](C)Cn2cccn2)cnn1-c1ccccn1. The van der Waals surface area contributed by atoms with E-state index in [4.69, 9.17) is 4.74 Å². The topological polar surface area (TPSA) is 74.8 Å². The zero-order valence-electron chi connectivity index (χ0n) is 13.0. The van der Waals surface area contributed by atoms with Gasteiger partial charge in [-0.1, -0.05) is 6.07 Å². The summed E-state index contributed by atoms with van der Waals surface area (Å²) in [6.07, 6.45) is 6.41. The minimum absolute atomic E-state index is 0.292. The maximum absolute atomic E-state index is 12.3. The highest BCUT2D eigenvalue weighted by atomic mass is 16.5. The van der Waals surface area contributed by atoms with E-state index in [2.05, 4.69) is 15.2 Å². The third-order valence-corrected chi connectivity index (χ3v) is 3.41. The van der Waals surface area contributed by atoms with Crippen molar-refractivity contribution in [1.29, 1.82) is 0 Å². The molecule has 0 N–H and O–H groups in total. The third kappa shape index (κ3) is 3.28. The van der Waals surface area contributed by atoms with Crippen molar-refractivity contribution >= 4 is 5.97 Å². The minimum Gasteiger partial charge on any atom is -0.457 e. The van der Waals surface area contributed by atoms with Gasteiger partial charge in [-0.3, -0.25) is 4.68 Å². The summed E-state index contributed by atoms with van der Waals surface area (Å²) in [6, 6.07) is 7.35. The molecule has 3 aromatic rings. The molecule has 0 aliphatic carbocycles. The summed E-state index contributed by atoms with van der Waals surface area (Å²) >= 11 is 0. The van der Waals surface area contributed by atoms with Gasteiger partial charge in [0.05, 0.1) is 18.4 Å². The number of ether oxygens (including phenoxy) is 1. The third-order valence-electron chi connectivity index (χ3n) is 3.41. The van der Waals surface area contributed by atoms with Crippen molar-refractivity contribution in [3.8, 4) is 5.82 Å². The summed E-state index contributed by atoms with van der Waals surface area (Å²) in [4.78, 5) is 16.6. The van der Waals surface area contributed by atoms with Gasteiger partial charge in [-0.15, -0.1) is 0 Å². The molecule has 3 aromatic heterocycles. The van der Waals surface area contributed by atoms with E-state index in [0.29, 0.717) is 23.6 Å². The smallest absolute Gasteiger partial charge is 0.341 e. The predicted molar refractivity (Wildman–Crippen MR) is 83.2 cm³/mol. The van der Waals surface area contributed by atoms with Gasteiger partial charge in [0.1, 0.15) is 11.7 Å². The molecule has 3 heterocycles. The van der Waals surface area contributed by atoms with Crippen LogP contribution in [0.5, 0.6) is 0 Å². The summed E-state index contributed by atoms with van der Waals surface area (Å²) in [6.45, 7) is 4.15. The Morgan fingerprint density at radius 1 is 1.26 bits per heavy atom. The molecule has 0 bridgehead atoms. The first-order valence-corrected chi connectivity index (χ1v) is 7.29. The maximum Gasteiger partial charge on any atom is 0.341 e. The molecule has 0 saturated carbocycles. The zero-order valence-corrected chi connectivity index (χ0v) is 13.0. The first kappa shape index (κ1) is 15.0. The molecule has 3 rings (SSSR count). The van der Waals surface area contributed by atoms with Gasteiger partial charge >= 0.3 is 5.97 Å². The van der Waals surface area contributed by atoms with Crippen LogP contribution in [0.15, 0.2) is 49.1 Å². The van der Waals surface area contributed by atoms with Gasteiger partial charge in [0, 0.05) is 18.6 Å². The molecule has 0 aliphatic rings. The molecule has 0 unspecified atom stereocenters. The van der Waals surface area contributed by atoms with Gasteiger partial charge in [0.25, 0.3) is 0 Å². The summed E-state index contributed by atoms with van der Waals surface area (Å²) < 4.78 is 8.81. The first-order valence-electron chi connectivity index (χ1n) is 7.29. The molecule has 1 atom stereocenters. The number of hydrogen-bond acceptors (Lipinski definition) is 5. The van der Waals surface area contributed by atoms with Crippen molar-refractivity contribution in [3.63, 3.8) is 0 Å². The summed E-state index contributed by atoms with van der Waals surface area (Å²) in [5, 5.41) is 8.32. The van der Waals surface area contributed by atoms with Crippen LogP contribution in [-0.2, 0) is 11.3 Å². The van der Waals surface area contributed by atoms with E-state index in [1.54, 1.807) is 21.8 Å². The Balaban J connectivity index is 1.72. The number of rotatable bonds is 5. The monoisotopic (exact) mass is 311 g/mol. The standard InChI is InChI=1S/C16H17N5O2/c1-12(11-20-9-5-8-18-20)23-16(22)14-10-19-21(13(14)2)15-6-3-4-7-17-15/h3-10,12H,11H2,1-2H3/t12-/m1/s1. The molecule has 0 aromatic carbocycles. The number of carbonyl (C=O) groups is 1. The van der Waals surface area contributed by atoms with Gasteiger partial charge in [-0.2, -0.15) is 10.2 Å². The van der Waals surface area contributed by atoms with Crippen LogP contribution >= 0.6 is 0 Å². The quantitative estimate of drug-likeness (QED) is 0.674. The molecule has 23 heavy (non-hydrogen) atoms. The van der Waals surface area contributed by atoms with Gasteiger partial charge < -0.3 is 4.74 Å². The lowest BCUT2D eigenvalue weighted by atomic mass is 10.2. The molecule has 7 nitrogen and oxygen atoms in total. The normalized spacial score (nSPS) is 12.1. The Labute approximate surface area is 133 Å². The average Bonchev–Trinajstić information content (AvgIpc) is 3.17. The number of carbonyl (C=O) groups excluding carboxylic acids is 1. The van der Waals surface area contributed by atoms with E-state index >= 15 is 0 Å². The lowest BCUT2D eigenvalue weighted by Gasteiger charge is -2.13. The van der Waals surface area contributed by atoms with Gasteiger partial charge in [-0.05, 0) is 32.0 Å². The van der Waals surface area contributed by atoms with Crippen molar-refractivity contribution in [3.05, 3.63) is 60.3 Å². The van der Waals surface area contributed by atoms with Crippen LogP contribution in [-0.4, -0.2) is 36.6 Å². The minimum atomic E-state index is -0.399. The predicted octanol–water partition coefficient (Wildman–Crippen LogP) is 2.02. The zero-order chi connectivity index (χ0) is 16.2. The molecule has 7 heteroatoms. The fourth-order valence-corrected chi connectivity index (χ4v) is 2.28. The van der Waals surface area contributed by atoms with Crippen molar-refractivity contribution < 1.29 is 9.53 Å². The van der Waals surface area contributed by atoms with Crippen LogP contribution in [0.25, 0.3) is 5.82 Å². The molecular weight excluding hydrogens is 294 g/mol. The lowest BCUT2D eigenvalue weighted by molar-refractivity contribution is 0.0298. The molecule has 0 aliphatic heterocycles. The van der Waals surface area contributed by atoms with Gasteiger partial charge in [-0.25, -0.2) is 14.5 Å². The number of pyridine rings is 1. The van der Waals surface area contributed by atoms with Crippen molar-refractivity contribution in [2.75, 3.05) is 0 Å². The van der Waals surface area contributed by atoms with Crippen LogP contribution in [0, 0.1) is 6.92 Å². The fourth-order valence-electron chi connectivity index (χ4n) is 2.28. The first-order chi connectivity index (χ1) is 11.1. The molecule has 0 radical (unpaired) electrons. The number of nitrogens with zero attached hydrogens (tertiary/aromatic N) is 5. The summed E-state index contributed by atoms with van der Waals surface area (Å²) in [7, 11) is 0. The molecule has 0 spiro atoms. The molecule has 0 fully saturated rings. The fraction of sp³-hybridized carbons (Fsp3) is 0.250. The highest BCUT2D eigenvalue weighted by Crippen LogP contribution is 2.14. The van der Waals surface area contributed by atoms with Gasteiger partial charge in [0.2, 0.25) is 0 Å². The molecule has 0 saturated heterocycles. The second-order valence-electron chi connectivity index (χ2n) is 5.19. The highest BCUT2D eigenvalue weighted by molar-refractivity contribution is 5.90.